The lowest BCUT2D eigenvalue weighted by Crippen LogP contribution is -2.29. The molecule has 0 amide bonds. The second kappa shape index (κ2) is 23.6. The molecule has 0 bridgehead atoms. The summed E-state index contributed by atoms with van der Waals surface area (Å²) in [4.78, 5) is 0. The van der Waals surface area contributed by atoms with E-state index in [1.807, 2.05) is 36.4 Å². The third-order valence-corrected chi connectivity index (χ3v) is 18.8. The first-order valence-electron chi connectivity index (χ1n) is 31.0. The quantitative estimate of drug-likeness (QED) is 0.129. The van der Waals surface area contributed by atoms with Crippen LogP contribution in [-0.4, -0.2) is 26.3 Å². The van der Waals surface area contributed by atoms with Crippen LogP contribution in [0, 0.1) is 0 Å². The monoisotopic (exact) mass is 1230 g/mol. The normalized spacial score (nSPS) is 11.8. The molecule has 0 spiro atoms. The van der Waals surface area contributed by atoms with Gasteiger partial charge in [-0.05, 0) is 168 Å². The molecule has 436 valence electrons. The molecule has 6 heteroatoms. The number of nitrogens with zero attached hydrogens (tertiary/aromatic N) is 2. The molecule has 16 rings (SSSR count). The Kier molecular flexibility index (Phi) is 15.2. The number of aromatic nitrogens is 2. The van der Waals surface area contributed by atoms with Crippen LogP contribution in [0.25, 0.3) is 131 Å². The van der Waals surface area contributed by atoms with E-state index in [1.165, 1.54) is 130 Å². The van der Waals surface area contributed by atoms with Crippen molar-refractivity contribution in [2.45, 2.75) is 52.4 Å². The van der Waals surface area contributed by atoms with Gasteiger partial charge in [-0.1, -0.05) is 284 Å². The molecule has 0 fully saturated rings. The number of hydrogen-bond donors (Lipinski definition) is 2. The second-order valence-electron chi connectivity index (χ2n) is 25.5. The maximum atomic E-state index is 9.24. The van der Waals surface area contributed by atoms with Crippen LogP contribution in [0.15, 0.2) is 296 Å². The van der Waals surface area contributed by atoms with E-state index in [4.69, 9.17) is 0 Å². The van der Waals surface area contributed by atoms with E-state index < -0.39 is 7.12 Å². The predicted molar refractivity (Wildman–Crippen MR) is 389 cm³/mol. The summed E-state index contributed by atoms with van der Waals surface area (Å²) in [6, 6.07) is 104. The highest BCUT2D eigenvalue weighted by atomic mass is 79.9. The van der Waals surface area contributed by atoms with E-state index in [2.05, 4.69) is 309 Å². The Labute approximate surface area is 534 Å². The summed E-state index contributed by atoms with van der Waals surface area (Å²) in [5.74, 6) is 0. The van der Waals surface area contributed by atoms with E-state index in [0.717, 1.165) is 16.7 Å². The highest BCUT2D eigenvalue weighted by Crippen LogP contribution is 2.46. The van der Waals surface area contributed by atoms with Crippen LogP contribution in [0.3, 0.4) is 0 Å². The lowest BCUT2D eigenvalue weighted by atomic mass is 9.80. The number of para-hydroxylation sites is 4. The fraction of sp³-hybridized carbons (Fsp3) is 0.0952. The Morgan fingerprint density at radius 2 is 0.489 bits per heavy atom. The number of halogens is 1. The summed E-state index contributed by atoms with van der Waals surface area (Å²) in [6.07, 6.45) is 0. The molecule has 2 aromatic heterocycles. The van der Waals surface area contributed by atoms with Crippen LogP contribution in [0.5, 0.6) is 0 Å². The van der Waals surface area contributed by atoms with Gasteiger partial charge >= 0.3 is 7.12 Å². The summed E-state index contributed by atoms with van der Waals surface area (Å²) < 4.78 is 5.75. The Bertz CT molecular complexity index is 5120. The van der Waals surface area contributed by atoms with Crippen LogP contribution in [0.2, 0.25) is 0 Å². The van der Waals surface area contributed by atoms with Gasteiger partial charge in [-0.15, -0.1) is 0 Å². The Balaban J connectivity index is 0.000000128. The van der Waals surface area contributed by atoms with Gasteiger partial charge in [0.05, 0.1) is 22.1 Å². The van der Waals surface area contributed by atoms with E-state index in [9.17, 15) is 10.0 Å². The standard InChI is InChI=1S/C42H33N.C24H21Br.C18H14BNO2/c1-42(2,3)30-24-20-28(21-25-30)40-34-14-4-6-16-36(34)41(37-17-7-5-15-35(37)40)29-22-26-31(27-23-29)43-38-18-10-8-12-32(38)33-13-9-11-19-39(33)43;1-24(2,3)17-14-12-16(13-15-17)22-18-8-4-6-10-20(18)23(25)21-11-7-5-9-19(21)22;21-19(22)13-9-11-14(12-10-13)20-17-7-3-1-5-15(17)16-6-2-4-8-18(16)20/h4-27H,1-3H3;4-15H,1-3H3;1-12,21-22H. The van der Waals surface area contributed by atoms with Gasteiger partial charge in [0.25, 0.3) is 0 Å². The highest BCUT2D eigenvalue weighted by Gasteiger charge is 2.21. The third-order valence-electron chi connectivity index (χ3n) is 17.9. The molecule has 90 heavy (non-hydrogen) atoms. The van der Waals surface area contributed by atoms with Crippen molar-refractivity contribution >= 4 is 115 Å². The summed E-state index contributed by atoms with van der Waals surface area (Å²) in [7, 11) is -1.44. The predicted octanol–water partition coefficient (Wildman–Crippen LogP) is 21.9. The number of rotatable bonds is 6. The summed E-state index contributed by atoms with van der Waals surface area (Å²) in [6.45, 7) is 13.6. The maximum absolute atomic E-state index is 9.24. The van der Waals surface area contributed by atoms with E-state index in [1.54, 1.807) is 12.1 Å². The van der Waals surface area contributed by atoms with Crippen LogP contribution in [-0.2, 0) is 10.8 Å². The van der Waals surface area contributed by atoms with E-state index in [0.29, 0.717) is 5.46 Å². The molecule has 2 heterocycles. The van der Waals surface area contributed by atoms with Crippen molar-refractivity contribution in [1.29, 1.82) is 0 Å². The molecule has 0 saturated heterocycles. The number of fused-ring (bicyclic) bond motifs is 10. The van der Waals surface area contributed by atoms with Crippen molar-refractivity contribution in [2.75, 3.05) is 0 Å². The van der Waals surface area contributed by atoms with Crippen LogP contribution >= 0.6 is 15.9 Å². The first kappa shape index (κ1) is 57.9. The van der Waals surface area contributed by atoms with Gasteiger partial charge in [-0.25, -0.2) is 0 Å². The largest absolute Gasteiger partial charge is 0.488 e. The molecule has 0 saturated carbocycles. The molecule has 4 nitrogen and oxygen atoms in total. The summed E-state index contributed by atoms with van der Waals surface area (Å²) in [5.41, 5.74) is 18.1. The van der Waals surface area contributed by atoms with Crippen molar-refractivity contribution in [1.82, 2.24) is 9.13 Å². The molecule has 2 N–H and O–H groups in total. The summed E-state index contributed by atoms with van der Waals surface area (Å²) in [5, 5.41) is 33.7. The Morgan fingerprint density at radius 1 is 0.267 bits per heavy atom. The lowest BCUT2D eigenvalue weighted by Gasteiger charge is -2.21. The van der Waals surface area contributed by atoms with Crippen molar-refractivity contribution < 1.29 is 10.0 Å². The van der Waals surface area contributed by atoms with Gasteiger partial charge in [-0.2, -0.15) is 0 Å². The van der Waals surface area contributed by atoms with Crippen molar-refractivity contribution in [3.63, 3.8) is 0 Å². The average Bonchev–Trinajstić information content (AvgIpc) is 0.815. The highest BCUT2D eigenvalue weighted by molar-refractivity contribution is 9.10. The van der Waals surface area contributed by atoms with Crippen LogP contribution in [0.4, 0.5) is 0 Å². The van der Waals surface area contributed by atoms with Gasteiger partial charge < -0.3 is 19.2 Å². The molecular weight excluding hydrogens is 1160 g/mol. The van der Waals surface area contributed by atoms with Crippen LogP contribution in [0.1, 0.15) is 52.7 Å². The SMILES string of the molecule is CC(C)(C)c1ccc(-c2c3ccccc3c(-c3ccc(-n4c5ccccc5c5ccccc54)cc3)c3ccccc23)cc1.CC(C)(C)c1ccc(-c2c3ccccc3c(Br)c3ccccc23)cc1.OB(O)c1ccc(-n2c3ccccc3c3ccccc32)cc1. The fourth-order valence-electron chi connectivity index (χ4n) is 13.4. The summed E-state index contributed by atoms with van der Waals surface area (Å²) >= 11 is 3.83. The number of hydrogen-bond acceptors (Lipinski definition) is 2. The van der Waals surface area contributed by atoms with Gasteiger partial charge in [-0.3, -0.25) is 0 Å². The molecule has 0 radical (unpaired) electrons. The van der Waals surface area contributed by atoms with Gasteiger partial charge in [0.15, 0.2) is 0 Å². The van der Waals surface area contributed by atoms with E-state index >= 15 is 0 Å². The maximum Gasteiger partial charge on any atom is 0.488 e. The van der Waals surface area contributed by atoms with Gasteiger partial charge in [0.2, 0.25) is 0 Å². The minimum atomic E-state index is -1.44. The zero-order valence-electron chi connectivity index (χ0n) is 51.5. The lowest BCUT2D eigenvalue weighted by molar-refractivity contribution is 0.426. The molecular formula is C84H68BBrN2O2. The molecule has 0 aliphatic heterocycles. The molecule has 0 aliphatic carbocycles. The first-order valence-corrected chi connectivity index (χ1v) is 31.8. The fourth-order valence-corrected chi connectivity index (χ4v) is 14.1. The molecule has 0 aliphatic rings. The minimum absolute atomic E-state index is 0.123. The number of benzene rings is 14. The first-order chi connectivity index (χ1) is 43.7. The molecule has 16 aromatic rings. The smallest absolute Gasteiger partial charge is 0.423 e. The molecule has 14 aromatic carbocycles. The second-order valence-corrected chi connectivity index (χ2v) is 26.3. The topological polar surface area (TPSA) is 50.3 Å². The van der Waals surface area contributed by atoms with E-state index in [-0.39, 0.29) is 10.8 Å². The third kappa shape index (κ3) is 10.5. The average molecular weight is 1230 g/mol. The van der Waals surface area contributed by atoms with Gasteiger partial charge in [0, 0.05) is 37.4 Å². The van der Waals surface area contributed by atoms with Crippen molar-refractivity contribution in [3.05, 3.63) is 307 Å². The molecule has 0 unspecified atom stereocenters. The minimum Gasteiger partial charge on any atom is -0.423 e. The molecule has 0 atom stereocenters. The zero-order valence-corrected chi connectivity index (χ0v) is 53.0. The zero-order chi connectivity index (χ0) is 61.8. The van der Waals surface area contributed by atoms with Gasteiger partial charge in [0.1, 0.15) is 0 Å². The van der Waals surface area contributed by atoms with Crippen LogP contribution < -0.4 is 5.46 Å². The Morgan fingerprint density at radius 3 is 0.756 bits per heavy atom. The Hall–Kier alpha value is -9.82. The van der Waals surface area contributed by atoms with Crippen molar-refractivity contribution in [3.8, 4) is 44.8 Å². The van der Waals surface area contributed by atoms with Crippen molar-refractivity contribution in [2.24, 2.45) is 0 Å².